The highest BCUT2D eigenvalue weighted by atomic mass is 16.2. The molecule has 2 aromatic carbocycles. The molecule has 2 aliphatic heterocycles. The fourth-order valence-corrected chi connectivity index (χ4v) is 3.78. The van der Waals surface area contributed by atoms with Crippen LogP contribution in [0, 0.1) is 0 Å². The molecule has 0 aromatic heterocycles. The molecular formula is C20H23N3O. The van der Waals surface area contributed by atoms with Gasteiger partial charge in [0.15, 0.2) is 0 Å². The normalized spacial score (nSPS) is 24.6. The Balaban J connectivity index is 1.49. The number of nitrogens with zero attached hydrogens (tertiary/aromatic N) is 2. The van der Waals surface area contributed by atoms with E-state index in [1.807, 2.05) is 12.1 Å². The second-order valence-corrected chi connectivity index (χ2v) is 6.82. The van der Waals surface area contributed by atoms with Crippen molar-refractivity contribution in [2.75, 3.05) is 26.2 Å². The topological polar surface area (TPSA) is 35.6 Å². The molecule has 0 aliphatic carbocycles. The molecule has 1 spiro atoms. The van der Waals surface area contributed by atoms with E-state index in [1.165, 1.54) is 11.1 Å². The Morgan fingerprint density at radius 1 is 0.875 bits per heavy atom. The Labute approximate surface area is 143 Å². The third-order valence-corrected chi connectivity index (χ3v) is 5.21. The van der Waals surface area contributed by atoms with Gasteiger partial charge in [0.25, 0.3) is 0 Å². The van der Waals surface area contributed by atoms with Gasteiger partial charge < -0.3 is 5.32 Å². The van der Waals surface area contributed by atoms with E-state index in [0.717, 1.165) is 39.3 Å². The van der Waals surface area contributed by atoms with E-state index in [2.05, 4.69) is 63.6 Å². The molecule has 2 heterocycles. The predicted molar refractivity (Wildman–Crippen MR) is 94.3 cm³/mol. The van der Waals surface area contributed by atoms with E-state index in [1.54, 1.807) is 0 Å². The summed E-state index contributed by atoms with van der Waals surface area (Å²) in [7, 11) is 0. The third-order valence-electron chi connectivity index (χ3n) is 5.21. The number of rotatable bonds is 4. The summed E-state index contributed by atoms with van der Waals surface area (Å²) in [6.07, 6.45) is 0. The van der Waals surface area contributed by atoms with Gasteiger partial charge in [-0.3, -0.25) is 14.6 Å². The largest absolute Gasteiger partial charge is 0.352 e. The number of nitrogens with one attached hydrogen (secondary N) is 1. The summed E-state index contributed by atoms with van der Waals surface area (Å²) in [5.74, 6) is 0.177. The molecule has 0 radical (unpaired) electrons. The molecule has 4 nitrogen and oxygen atoms in total. The van der Waals surface area contributed by atoms with Crippen LogP contribution in [0.25, 0.3) is 0 Å². The van der Waals surface area contributed by atoms with Crippen LogP contribution in [0.3, 0.4) is 0 Å². The van der Waals surface area contributed by atoms with Crippen molar-refractivity contribution >= 4 is 5.91 Å². The van der Waals surface area contributed by atoms with Crippen molar-refractivity contribution in [2.45, 2.75) is 18.6 Å². The number of piperazine rings is 1. The van der Waals surface area contributed by atoms with Crippen LogP contribution in [-0.4, -0.2) is 47.4 Å². The molecule has 1 atom stereocenters. The third kappa shape index (κ3) is 2.83. The van der Waals surface area contributed by atoms with Crippen LogP contribution in [0.2, 0.25) is 0 Å². The highest BCUT2D eigenvalue weighted by Crippen LogP contribution is 2.29. The summed E-state index contributed by atoms with van der Waals surface area (Å²) in [5.41, 5.74) is 2.22. The van der Waals surface area contributed by atoms with E-state index < -0.39 is 0 Å². The molecule has 2 fully saturated rings. The van der Waals surface area contributed by atoms with Crippen molar-refractivity contribution in [3.05, 3.63) is 71.8 Å². The number of amides is 1. The molecule has 0 saturated carbocycles. The van der Waals surface area contributed by atoms with E-state index in [-0.39, 0.29) is 11.4 Å². The summed E-state index contributed by atoms with van der Waals surface area (Å²) in [4.78, 5) is 17.2. The Morgan fingerprint density at radius 3 is 2.04 bits per heavy atom. The number of carbonyl (C=O) groups excluding carboxylic acids is 1. The summed E-state index contributed by atoms with van der Waals surface area (Å²) < 4.78 is 0. The lowest BCUT2D eigenvalue weighted by atomic mass is 9.85. The maximum absolute atomic E-state index is 12.4. The molecule has 24 heavy (non-hydrogen) atoms. The molecular weight excluding hydrogens is 298 g/mol. The van der Waals surface area contributed by atoms with Gasteiger partial charge in [-0.15, -0.1) is 0 Å². The summed E-state index contributed by atoms with van der Waals surface area (Å²) in [6.45, 7) is 5.24. The van der Waals surface area contributed by atoms with Gasteiger partial charge in [0.2, 0.25) is 5.91 Å². The molecule has 4 heteroatoms. The lowest BCUT2D eigenvalue weighted by Crippen LogP contribution is -2.79. The van der Waals surface area contributed by atoms with Crippen LogP contribution in [0.1, 0.15) is 11.1 Å². The fraction of sp³-hybridized carbons (Fsp3) is 0.350. The molecule has 124 valence electrons. The van der Waals surface area contributed by atoms with Crippen molar-refractivity contribution in [3.63, 3.8) is 0 Å². The number of hydrogen-bond acceptors (Lipinski definition) is 3. The van der Waals surface area contributed by atoms with E-state index >= 15 is 0 Å². The summed E-state index contributed by atoms with van der Waals surface area (Å²) >= 11 is 0. The van der Waals surface area contributed by atoms with Gasteiger partial charge in [0, 0.05) is 39.3 Å². The van der Waals surface area contributed by atoms with Crippen LogP contribution >= 0.6 is 0 Å². The molecule has 1 N–H and O–H groups in total. The van der Waals surface area contributed by atoms with Gasteiger partial charge >= 0.3 is 0 Å². The number of β-lactam (4-membered cyclic amide) rings is 1. The van der Waals surface area contributed by atoms with Crippen molar-refractivity contribution in [1.29, 1.82) is 0 Å². The lowest BCUT2D eigenvalue weighted by molar-refractivity contribution is -0.151. The van der Waals surface area contributed by atoms with Crippen LogP contribution < -0.4 is 5.32 Å². The highest BCUT2D eigenvalue weighted by Gasteiger charge is 2.53. The molecule has 2 aliphatic rings. The monoisotopic (exact) mass is 321 g/mol. The van der Waals surface area contributed by atoms with Crippen LogP contribution in [0.5, 0.6) is 0 Å². The van der Waals surface area contributed by atoms with Crippen molar-refractivity contribution in [3.8, 4) is 0 Å². The second-order valence-electron chi connectivity index (χ2n) is 6.82. The van der Waals surface area contributed by atoms with E-state index in [4.69, 9.17) is 0 Å². The maximum Gasteiger partial charge on any atom is 0.243 e. The molecule has 2 aromatic rings. The minimum absolute atomic E-state index is 0.177. The highest BCUT2D eigenvalue weighted by molar-refractivity contribution is 5.93. The van der Waals surface area contributed by atoms with Crippen LogP contribution in [0.4, 0.5) is 0 Å². The Kier molecular flexibility index (Phi) is 4.08. The molecule has 1 amide bonds. The Bertz CT molecular complexity index is 703. The average molecular weight is 321 g/mol. The van der Waals surface area contributed by atoms with E-state index in [0.29, 0.717) is 0 Å². The SMILES string of the molecule is O=C1NC[C@]12CN(Cc1ccccc1)CCN2Cc1ccccc1. The Morgan fingerprint density at radius 2 is 1.50 bits per heavy atom. The lowest BCUT2D eigenvalue weighted by Gasteiger charge is -2.54. The quantitative estimate of drug-likeness (QED) is 0.874. The summed E-state index contributed by atoms with van der Waals surface area (Å²) in [6, 6.07) is 21.0. The average Bonchev–Trinajstić information content (AvgIpc) is 2.63. The van der Waals surface area contributed by atoms with Crippen molar-refractivity contribution in [1.82, 2.24) is 15.1 Å². The molecule has 0 unspecified atom stereocenters. The van der Waals surface area contributed by atoms with Gasteiger partial charge in [-0.2, -0.15) is 0 Å². The number of hydrogen-bond donors (Lipinski definition) is 1. The zero-order valence-corrected chi connectivity index (χ0v) is 13.8. The Hall–Kier alpha value is -2.17. The second kappa shape index (κ2) is 6.38. The smallest absolute Gasteiger partial charge is 0.243 e. The first-order valence-electron chi connectivity index (χ1n) is 8.60. The standard InChI is InChI=1S/C20H23N3O/c24-19-20(15-21-19)16-22(13-17-7-3-1-4-8-17)11-12-23(20)14-18-9-5-2-6-10-18/h1-10H,11-16H2,(H,21,24)/t20-/m0/s1. The first kappa shape index (κ1) is 15.4. The van der Waals surface area contributed by atoms with Gasteiger partial charge in [0.1, 0.15) is 5.54 Å². The van der Waals surface area contributed by atoms with Gasteiger partial charge in [-0.05, 0) is 11.1 Å². The zero-order chi connectivity index (χ0) is 16.4. The maximum atomic E-state index is 12.4. The molecule has 4 rings (SSSR count). The van der Waals surface area contributed by atoms with Gasteiger partial charge in [0.05, 0.1) is 0 Å². The van der Waals surface area contributed by atoms with Crippen molar-refractivity contribution in [2.24, 2.45) is 0 Å². The van der Waals surface area contributed by atoms with Crippen LogP contribution in [-0.2, 0) is 17.9 Å². The zero-order valence-electron chi connectivity index (χ0n) is 13.8. The van der Waals surface area contributed by atoms with E-state index in [9.17, 15) is 4.79 Å². The van der Waals surface area contributed by atoms with Crippen molar-refractivity contribution < 1.29 is 4.79 Å². The molecule has 0 bridgehead atoms. The first-order valence-corrected chi connectivity index (χ1v) is 8.60. The van der Waals surface area contributed by atoms with Gasteiger partial charge in [-0.1, -0.05) is 60.7 Å². The van der Waals surface area contributed by atoms with Crippen LogP contribution in [0.15, 0.2) is 60.7 Å². The number of carbonyl (C=O) groups is 1. The minimum atomic E-state index is -0.358. The summed E-state index contributed by atoms with van der Waals surface area (Å²) in [5, 5.41) is 2.96. The minimum Gasteiger partial charge on any atom is -0.352 e. The predicted octanol–water partition coefficient (Wildman–Crippen LogP) is 1.87. The first-order chi connectivity index (χ1) is 11.8. The fourth-order valence-electron chi connectivity index (χ4n) is 3.78. The van der Waals surface area contributed by atoms with Gasteiger partial charge in [-0.25, -0.2) is 0 Å². The molecule has 2 saturated heterocycles. The number of benzene rings is 2.